The number of hydrogen-bond acceptors (Lipinski definition) is 4. The molecule has 0 unspecified atom stereocenters. The van der Waals surface area contributed by atoms with Gasteiger partial charge in [-0.15, -0.1) is 0 Å². The molecule has 0 spiro atoms. The number of carbonyl (C=O) groups excluding carboxylic acids is 1. The van der Waals surface area contributed by atoms with Gasteiger partial charge in [0.05, 0.1) is 11.4 Å². The van der Waals surface area contributed by atoms with Crippen LogP contribution in [0.25, 0.3) is 0 Å². The van der Waals surface area contributed by atoms with Crippen molar-refractivity contribution in [2.24, 2.45) is 0 Å². The molecule has 0 fully saturated rings. The van der Waals surface area contributed by atoms with Crippen molar-refractivity contribution < 1.29 is 13.2 Å². The Hall–Kier alpha value is -1.97. The van der Waals surface area contributed by atoms with Gasteiger partial charge in [-0.25, -0.2) is 8.42 Å². The topological polar surface area (TPSA) is 99.3 Å². The largest absolute Gasteiger partial charge is 0.326 e. The summed E-state index contributed by atoms with van der Waals surface area (Å²) >= 11 is 3.18. The molecule has 0 saturated heterocycles. The first-order chi connectivity index (χ1) is 11.6. The summed E-state index contributed by atoms with van der Waals surface area (Å²) < 4.78 is 26.7. The fourth-order valence-electron chi connectivity index (χ4n) is 2.08. The van der Waals surface area contributed by atoms with Crippen LogP contribution in [0, 0.1) is 13.8 Å². The number of carbonyl (C=O) groups is 1. The van der Waals surface area contributed by atoms with E-state index in [4.69, 9.17) is 0 Å². The van der Waals surface area contributed by atoms with E-state index >= 15 is 0 Å². The molecule has 1 heterocycles. The zero-order valence-electron chi connectivity index (χ0n) is 14.0. The number of sulfonamides is 1. The summed E-state index contributed by atoms with van der Waals surface area (Å²) in [5, 5.41) is 2.41. The second-order valence-electron chi connectivity index (χ2n) is 5.62. The van der Waals surface area contributed by atoms with Crippen LogP contribution in [-0.4, -0.2) is 37.2 Å². The predicted octanol–water partition coefficient (Wildman–Crippen LogP) is 2.01. The molecule has 0 bridgehead atoms. The van der Waals surface area contributed by atoms with E-state index in [0.29, 0.717) is 4.47 Å². The number of aryl methyl sites for hydroxylation is 2. The van der Waals surface area contributed by atoms with Crippen LogP contribution in [0.2, 0.25) is 0 Å². The van der Waals surface area contributed by atoms with Gasteiger partial charge in [0.2, 0.25) is 15.9 Å². The van der Waals surface area contributed by atoms with E-state index in [2.05, 4.69) is 26.2 Å². The van der Waals surface area contributed by atoms with Crippen molar-refractivity contribution in [3.63, 3.8) is 0 Å². The van der Waals surface area contributed by atoms with Crippen LogP contribution in [-0.2, 0) is 14.8 Å². The molecule has 9 heteroatoms. The van der Waals surface area contributed by atoms with Gasteiger partial charge in [0.1, 0.15) is 5.69 Å². The number of anilines is 1. The fourth-order valence-corrected chi connectivity index (χ4v) is 3.64. The molecular weight excluding hydrogens is 410 g/mol. The van der Waals surface area contributed by atoms with Gasteiger partial charge in [0.25, 0.3) is 5.56 Å². The molecule has 25 heavy (non-hydrogen) atoms. The number of aromatic nitrogens is 1. The summed E-state index contributed by atoms with van der Waals surface area (Å²) in [6.07, 6.45) is 1.44. The van der Waals surface area contributed by atoms with E-state index in [1.807, 2.05) is 13.8 Å². The molecule has 0 saturated carbocycles. The van der Waals surface area contributed by atoms with E-state index in [0.717, 1.165) is 15.4 Å². The van der Waals surface area contributed by atoms with Gasteiger partial charge >= 0.3 is 0 Å². The Labute approximate surface area is 154 Å². The number of nitrogens with one attached hydrogen (secondary N) is 2. The Morgan fingerprint density at radius 2 is 1.92 bits per heavy atom. The number of pyridine rings is 1. The fraction of sp³-hybridized carbons (Fsp3) is 0.250. The number of hydrogen-bond donors (Lipinski definition) is 2. The third-order valence-electron chi connectivity index (χ3n) is 3.69. The van der Waals surface area contributed by atoms with Crippen molar-refractivity contribution in [3.8, 4) is 0 Å². The number of likely N-dealkylation sites (N-methyl/N-ethyl adjacent to an activating group) is 1. The maximum absolute atomic E-state index is 12.6. The standard InChI is InChI=1S/C16H18BrN3O4S/c1-10-4-5-13(6-11(10)2)25(23,24)20(3)9-15(21)19-14-7-12(17)8-18-16(14)22/h4-8H,9H2,1-3H3,(H,18,22)(H,19,21). The molecule has 1 aromatic carbocycles. The lowest BCUT2D eigenvalue weighted by Crippen LogP contribution is -2.35. The minimum Gasteiger partial charge on any atom is -0.326 e. The van der Waals surface area contributed by atoms with Crippen molar-refractivity contribution in [1.29, 1.82) is 0 Å². The van der Waals surface area contributed by atoms with E-state index in [9.17, 15) is 18.0 Å². The van der Waals surface area contributed by atoms with E-state index in [1.54, 1.807) is 12.1 Å². The second-order valence-corrected chi connectivity index (χ2v) is 8.58. The smallest absolute Gasteiger partial charge is 0.271 e. The third kappa shape index (κ3) is 4.56. The number of benzene rings is 1. The Kier molecular flexibility index (Phi) is 5.81. The molecule has 0 radical (unpaired) electrons. The normalized spacial score (nSPS) is 11.6. The third-order valence-corrected chi connectivity index (χ3v) is 5.95. The highest BCUT2D eigenvalue weighted by molar-refractivity contribution is 9.10. The lowest BCUT2D eigenvalue weighted by atomic mass is 10.1. The quantitative estimate of drug-likeness (QED) is 0.761. The molecule has 1 amide bonds. The highest BCUT2D eigenvalue weighted by Gasteiger charge is 2.23. The monoisotopic (exact) mass is 427 g/mol. The molecule has 2 rings (SSSR count). The summed E-state index contributed by atoms with van der Waals surface area (Å²) in [7, 11) is -2.49. The lowest BCUT2D eigenvalue weighted by molar-refractivity contribution is -0.116. The average molecular weight is 428 g/mol. The number of halogens is 1. The van der Waals surface area contributed by atoms with Gasteiger partial charge in [-0.2, -0.15) is 4.31 Å². The van der Waals surface area contributed by atoms with Gasteiger partial charge in [-0.3, -0.25) is 9.59 Å². The maximum atomic E-state index is 12.6. The van der Waals surface area contributed by atoms with Crippen molar-refractivity contribution >= 4 is 37.5 Å². The van der Waals surface area contributed by atoms with Crippen LogP contribution in [0.5, 0.6) is 0 Å². The SMILES string of the molecule is Cc1ccc(S(=O)(=O)N(C)CC(=O)Nc2cc(Br)c[nH]c2=O)cc1C. The zero-order valence-corrected chi connectivity index (χ0v) is 16.4. The minimum atomic E-state index is -3.81. The van der Waals surface area contributed by atoms with Crippen molar-refractivity contribution in [2.75, 3.05) is 18.9 Å². The summed E-state index contributed by atoms with van der Waals surface area (Å²) in [4.78, 5) is 26.3. The first-order valence-corrected chi connectivity index (χ1v) is 9.56. The van der Waals surface area contributed by atoms with Crippen LogP contribution in [0.1, 0.15) is 11.1 Å². The van der Waals surface area contributed by atoms with Crippen LogP contribution >= 0.6 is 15.9 Å². The zero-order chi connectivity index (χ0) is 18.8. The first-order valence-electron chi connectivity index (χ1n) is 7.33. The minimum absolute atomic E-state index is 0.0383. The number of H-pyrrole nitrogens is 1. The highest BCUT2D eigenvalue weighted by atomic mass is 79.9. The van der Waals surface area contributed by atoms with Gasteiger partial charge in [0.15, 0.2) is 0 Å². The van der Waals surface area contributed by atoms with E-state index in [1.165, 1.54) is 25.4 Å². The van der Waals surface area contributed by atoms with Gasteiger partial charge in [0, 0.05) is 17.7 Å². The Balaban J connectivity index is 2.15. The number of amides is 1. The molecule has 0 aliphatic carbocycles. The van der Waals surface area contributed by atoms with Gasteiger partial charge < -0.3 is 10.3 Å². The van der Waals surface area contributed by atoms with Crippen molar-refractivity contribution in [2.45, 2.75) is 18.7 Å². The van der Waals surface area contributed by atoms with E-state index < -0.39 is 28.0 Å². The summed E-state index contributed by atoms with van der Waals surface area (Å²) in [5.41, 5.74) is 1.39. The molecule has 134 valence electrons. The maximum Gasteiger partial charge on any atom is 0.271 e. The number of nitrogens with zero attached hydrogens (tertiary/aromatic N) is 1. The van der Waals surface area contributed by atoms with Crippen LogP contribution in [0.15, 0.2) is 44.6 Å². The number of rotatable bonds is 5. The summed E-state index contributed by atoms with van der Waals surface area (Å²) in [6, 6.07) is 6.23. The molecule has 0 aliphatic heterocycles. The summed E-state index contributed by atoms with van der Waals surface area (Å²) in [6.45, 7) is 3.29. The van der Waals surface area contributed by atoms with Crippen LogP contribution in [0.3, 0.4) is 0 Å². The Bertz CT molecular complexity index is 970. The predicted molar refractivity (Wildman–Crippen MR) is 99.1 cm³/mol. The molecule has 0 atom stereocenters. The molecule has 2 N–H and O–H groups in total. The Morgan fingerprint density at radius 1 is 1.24 bits per heavy atom. The number of aromatic amines is 1. The molecular formula is C16H18BrN3O4S. The summed E-state index contributed by atoms with van der Waals surface area (Å²) in [5.74, 6) is -0.612. The second kappa shape index (κ2) is 7.51. The van der Waals surface area contributed by atoms with Crippen molar-refractivity contribution in [1.82, 2.24) is 9.29 Å². The van der Waals surface area contributed by atoms with Crippen LogP contribution < -0.4 is 10.9 Å². The average Bonchev–Trinajstić information content (AvgIpc) is 2.53. The molecule has 2 aromatic rings. The highest BCUT2D eigenvalue weighted by Crippen LogP contribution is 2.18. The first kappa shape index (κ1) is 19.4. The van der Waals surface area contributed by atoms with E-state index in [-0.39, 0.29) is 10.6 Å². The lowest BCUT2D eigenvalue weighted by Gasteiger charge is -2.17. The van der Waals surface area contributed by atoms with Gasteiger partial charge in [-0.1, -0.05) is 6.07 Å². The van der Waals surface area contributed by atoms with Crippen LogP contribution in [0.4, 0.5) is 5.69 Å². The molecule has 7 nitrogen and oxygen atoms in total. The molecule has 1 aromatic heterocycles. The molecule has 0 aliphatic rings. The van der Waals surface area contributed by atoms with Gasteiger partial charge in [-0.05, 0) is 59.1 Å². The Morgan fingerprint density at radius 3 is 2.56 bits per heavy atom. The van der Waals surface area contributed by atoms with Crippen molar-refractivity contribution in [3.05, 3.63) is 56.4 Å².